The van der Waals surface area contributed by atoms with E-state index in [1.807, 2.05) is 59.7 Å². The van der Waals surface area contributed by atoms with Crippen LogP contribution in [0.5, 0.6) is 0 Å². The molecule has 114 valence electrons. The average molecular weight is 286 g/mol. The molecule has 0 aliphatic carbocycles. The summed E-state index contributed by atoms with van der Waals surface area (Å²) in [6.45, 7) is 16.0. The highest BCUT2D eigenvalue weighted by Gasteiger charge is 2.16. The number of ether oxygens (including phenoxy) is 1. The molecule has 0 atom stereocenters. The Bertz CT molecular complexity index is 568. The molecule has 1 rings (SSSR count). The maximum Gasteiger partial charge on any atom is 0.150 e. The second kappa shape index (κ2) is 6.75. The van der Waals surface area contributed by atoms with Gasteiger partial charge in [0, 0.05) is 12.0 Å². The number of carbonyl (C=O) groups excluding carboxylic acids is 1. The molecule has 0 aliphatic rings. The van der Waals surface area contributed by atoms with Crippen molar-refractivity contribution < 1.29 is 9.53 Å². The number of aldehydes is 1. The molecular formula is C19H26O2. The summed E-state index contributed by atoms with van der Waals surface area (Å²) in [5, 5.41) is 0. The largest absolute Gasteiger partial charge is 0.493 e. The smallest absolute Gasteiger partial charge is 0.150 e. The Morgan fingerprint density at radius 3 is 2.38 bits per heavy atom. The highest BCUT2D eigenvalue weighted by molar-refractivity contribution is 6.09. The van der Waals surface area contributed by atoms with Gasteiger partial charge in [0.2, 0.25) is 0 Å². The maximum absolute atomic E-state index is 11.5. The number of aryl methyl sites for hydroxylation is 1. The minimum absolute atomic E-state index is 0.259. The van der Waals surface area contributed by atoms with Gasteiger partial charge < -0.3 is 4.74 Å². The molecule has 0 spiro atoms. The molecule has 21 heavy (non-hydrogen) atoms. The molecule has 0 N–H and O–H groups in total. The Labute approximate surface area is 128 Å². The molecule has 0 bridgehead atoms. The van der Waals surface area contributed by atoms with E-state index >= 15 is 0 Å². The Morgan fingerprint density at radius 2 is 1.90 bits per heavy atom. The highest BCUT2D eigenvalue weighted by Crippen LogP contribution is 2.27. The van der Waals surface area contributed by atoms with Gasteiger partial charge in [-0.05, 0) is 58.2 Å². The molecule has 2 heteroatoms. The van der Waals surface area contributed by atoms with Gasteiger partial charge in [-0.25, -0.2) is 0 Å². The van der Waals surface area contributed by atoms with E-state index in [2.05, 4.69) is 6.58 Å². The summed E-state index contributed by atoms with van der Waals surface area (Å²) in [6.07, 6.45) is 1.55. The van der Waals surface area contributed by atoms with E-state index < -0.39 is 0 Å². The standard InChI is InChI=1S/C19H26O2/c1-13(2)17(12-20)18-14(3)9-8-10-16(18)11-15(4)21-19(5,6)7/h8-10,12H,4,11H2,1-3,5-7H3. The minimum atomic E-state index is -0.259. The summed E-state index contributed by atoms with van der Waals surface area (Å²) < 4.78 is 5.81. The van der Waals surface area contributed by atoms with E-state index in [0.717, 1.165) is 34.1 Å². The van der Waals surface area contributed by atoms with Crippen LogP contribution in [0.3, 0.4) is 0 Å². The zero-order chi connectivity index (χ0) is 16.2. The molecule has 0 fully saturated rings. The monoisotopic (exact) mass is 286 g/mol. The summed E-state index contributed by atoms with van der Waals surface area (Å²) in [7, 11) is 0. The number of carbonyl (C=O) groups is 1. The van der Waals surface area contributed by atoms with Gasteiger partial charge in [-0.1, -0.05) is 30.4 Å². The molecule has 0 unspecified atom stereocenters. The number of rotatable bonds is 5. The fraction of sp³-hybridized carbons (Fsp3) is 0.421. The van der Waals surface area contributed by atoms with Crippen LogP contribution in [-0.2, 0) is 16.0 Å². The third-order valence-corrected chi connectivity index (χ3v) is 3.12. The van der Waals surface area contributed by atoms with Gasteiger partial charge in [0.1, 0.15) is 5.60 Å². The van der Waals surface area contributed by atoms with Crippen molar-refractivity contribution >= 4 is 11.9 Å². The number of benzene rings is 1. The van der Waals surface area contributed by atoms with Crippen molar-refractivity contribution in [1.82, 2.24) is 0 Å². The molecule has 0 saturated heterocycles. The highest BCUT2D eigenvalue weighted by atomic mass is 16.5. The van der Waals surface area contributed by atoms with Gasteiger partial charge in [0.15, 0.2) is 6.29 Å². The van der Waals surface area contributed by atoms with Crippen LogP contribution in [0.4, 0.5) is 0 Å². The lowest BCUT2D eigenvalue weighted by Gasteiger charge is -2.24. The third kappa shape index (κ3) is 4.89. The van der Waals surface area contributed by atoms with Crippen LogP contribution in [0.15, 0.2) is 36.1 Å². The summed E-state index contributed by atoms with van der Waals surface area (Å²) >= 11 is 0. The van der Waals surface area contributed by atoms with Gasteiger partial charge in [-0.15, -0.1) is 0 Å². The van der Waals surface area contributed by atoms with Crippen molar-refractivity contribution in [2.24, 2.45) is 0 Å². The molecule has 0 saturated carbocycles. The predicted molar refractivity (Wildman–Crippen MR) is 89.2 cm³/mol. The molecular weight excluding hydrogens is 260 g/mol. The zero-order valence-corrected chi connectivity index (χ0v) is 14.0. The van der Waals surface area contributed by atoms with Gasteiger partial charge >= 0.3 is 0 Å². The zero-order valence-electron chi connectivity index (χ0n) is 14.0. The Balaban J connectivity index is 3.21. The molecule has 0 aliphatic heterocycles. The molecule has 0 amide bonds. The summed E-state index contributed by atoms with van der Waals surface area (Å²) in [5.74, 6) is 0.716. The van der Waals surface area contributed by atoms with E-state index in [-0.39, 0.29) is 5.60 Å². The molecule has 1 aromatic carbocycles. The second-order valence-corrected chi connectivity index (χ2v) is 6.57. The lowest BCUT2D eigenvalue weighted by Crippen LogP contribution is -2.19. The number of hydrogen-bond acceptors (Lipinski definition) is 2. The summed E-state index contributed by atoms with van der Waals surface area (Å²) in [5.41, 5.74) is 4.69. The molecule has 0 radical (unpaired) electrons. The van der Waals surface area contributed by atoms with Gasteiger partial charge in [-0.2, -0.15) is 0 Å². The van der Waals surface area contributed by atoms with E-state index in [1.54, 1.807) is 0 Å². The van der Waals surface area contributed by atoms with Crippen LogP contribution in [0.25, 0.3) is 5.57 Å². The molecule has 2 nitrogen and oxygen atoms in total. The van der Waals surface area contributed by atoms with Crippen molar-refractivity contribution in [3.63, 3.8) is 0 Å². The molecule has 0 aromatic heterocycles. The van der Waals surface area contributed by atoms with E-state index in [4.69, 9.17) is 4.74 Å². The van der Waals surface area contributed by atoms with E-state index in [9.17, 15) is 4.79 Å². The van der Waals surface area contributed by atoms with Gasteiger partial charge in [0.25, 0.3) is 0 Å². The second-order valence-electron chi connectivity index (χ2n) is 6.57. The average Bonchev–Trinajstić information content (AvgIpc) is 2.30. The Morgan fingerprint density at radius 1 is 1.29 bits per heavy atom. The van der Waals surface area contributed by atoms with Crippen molar-refractivity contribution in [2.75, 3.05) is 0 Å². The summed E-state index contributed by atoms with van der Waals surface area (Å²) in [4.78, 5) is 11.5. The van der Waals surface area contributed by atoms with Crippen LogP contribution < -0.4 is 0 Å². The van der Waals surface area contributed by atoms with Crippen LogP contribution in [0.2, 0.25) is 0 Å². The molecule has 0 heterocycles. The lowest BCUT2D eigenvalue weighted by molar-refractivity contribution is -0.103. The van der Waals surface area contributed by atoms with Crippen molar-refractivity contribution in [3.8, 4) is 0 Å². The first-order valence-electron chi connectivity index (χ1n) is 7.24. The maximum atomic E-state index is 11.5. The first kappa shape index (κ1) is 17.2. The first-order chi connectivity index (χ1) is 9.65. The van der Waals surface area contributed by atoms with Crippen molar-refractivity contribution in [2.45, 2.75) is 53.6 Å². The minimum Gasteiger partial charge on any atom is -0.493 e. The topological polar surface area (TPSA) is 26.3 Å². The van der Waals surface area contributed by atoms with E-state index in [1.165, 1.54) is 0 Å². The van der Waals surface area contributed by atoms with Crippen molar-refractivity contribution in [3.05, 3.63) is 52.8 Å². The fourth-order valence-electron chi connectivity index (χ4n) is 2.37. The number of allylic oxidation sites excluding steroid dienone is 3. The van der Waals surface area contributed by atoms with Gasteiger partial charge in [0.05, 0.1) is 5.76 Å². The summed E-state index contributed by atoms with van der Waals surface area (Å²) in [6, 6.07) is 6.07. The normalized spacial score (nSPS) is 11.0. The quantitative estimate of drug-likeness (QED) is 0.439. The van der Waals surface area contributed by atoms with Crippen LogP contribution in [-0.4, -0.2) is 11.9 Å². The Kier molecular flexibility index (Phi) is 5.54. The van der Waals surface area contributed by atoms with E-state index in [0.29, 0.717) is 12.2 Å². The first-order valence-corrected chi connectivity index (χ1v) is 7.24. The number of hydrogen-bond donors (Lipinski definition) is 0. The van der Waals surface area contributed by atoms with Crippen LogP contribution in [0, 0.1) is 6.92 Å². The molecule has 1 aromatic rings. The van der Waals surface area contributed by atoms with Crippen molar-refractivity contribution in [1.29, 1.82) is 0 Å². The van der Waals surface area contributed by atoms with Crippen LogP contribution >= 0.6 is 0 Å². The van der Waals surface area contributed by atoms with Crippen LogP contribution in [0.1, 0.15) is 51.3 Å². The lowest BCUT2D eigenvalue weighted by atomic mass is 9.91. The Hall–Kier alpha value is -1.83. The fourth-order valence-corrected chi connectivity index (χ4v) is 2.37. The SMILES string of the molecule is C=C(Cc1cccc(C)c1C(C=O)=C(C)C)OC(C)(C)C. The third-order valence-electron chi connectivity index (χ3n) is 3.12. The van der Waals surface area contributed by atoms with Gasteiger partial charge in [-0.3, -0.25) is 4.79 Å². The predicted octanol–water partition coefficient (Wildman–Crippen LogP) is 4.86.